The summed E-state index contributed by atoms with van der Waals surface area (Å²) in [4.78, 5) is 33.9. The van der Waals surface area contributed by atoms with Crippen molar-refractivity contribution in [3.63, 3.8) is 0 Å². The number of carbonyl (C=O) groups is 2. The molecule has 0 bridgehead atoms. The van der Waals surface area contributed by atoms with E-state index in [0.29, 0.717) is 22.5 Å². The molecule has 14 heteroatoms. The Kier molecular flexibility index (Phi) is 8.35. The molecule has 4 rings (SSSR count). The Balaban J connectivity index is 1.84. The first kappa shape index (κ1) is 28.6. The van der Waals surface area contributed by atoms with Gasteiger partial charge in [-0.15, -0.1) is 11.8 Å². The second kappa shape index (κ2) is 11.4. The van der Waals surface area contributed by atoms with Crippen molar-refractivity contribution in [3.8, 4) is 16.3 Å². The average molecular weight is 584 g/mol. The number of thioether (sulfide) groups is 1. The Morgan fingerprint density at radius 1 is 1.31 bits per heavy atom. The number of alkyl halides is 3. The van der Waals surface area contributed by atoms with Crippen LogP contribution in [0.1, 0.15) is 55.0 Å². The van der Waals surface area contributed by atoms with Gasteiger partial charge in [-0.3, -0.25) is 0 Å². The zero-order chi connectivity index (χ0) is 28.5. The molecule has 0 aliphatic heterocycles. The fourth-order valence-electron chi connectivity index (χ4n) is 4.22. The third-order valence-corrected chi connectivity index (χ3v) is 8.14. The van der Waals surface area contributed by atoms with Gasteiger partial charge in [0.1, 0.15) is 5.82 Å². The van der Waals surface area contributed by atoms with Gasteiger partial charge in [0, 0.05) is 10.8 Å². The van der Waals surface area contributed by atoms with E-state index in [1.165, 1.54) is 46.0 Å². The number of hydrogen-bond acceptors (Lipinski definition) is 7. The Morgan fingerprint density at radius 2 is 2.05 bits per heavy atom. The minimum Gasteiger partial charge on any atom is -0.349 e. The Hall–Kier alpha value is -3.39. The van der Waals surface area contributed by atoms with Gasteiger partial charge in [-0.2, -0.15) is 28.4 Å². The summed E-state index contributed by atoms with van der Waals surface area (Å²) >= 11 is 2.70. The summed E-state index contributed by atoms with van der Waals surface area (Å²) in [5.74, 6) is -2.96. The minimum absolute atomic E-state index is 0.0467. The van der Waals surface area contributed by atoms with Crippen LogP contribution in [0.15, 0.2) is 34.6 Å². The number of rotatable bonds is 6. The number of thiazole rings is 1. The number of carbonyl (C=O) groups excluding carboxylic acids is 2. The number of hydroxylamine groups is 1. The van der Waals surface area contributed by atoms with Crippen LogP contribution in [0.25, 0.3) is 21.8 Å². The van der Waals surface area contributed by atoms with Crippen LogP contribution in [-0.4, -0.2) is 38.2 Å². The van der Waals surface area contributed by atoms with Crippen molar-refractivity contribution >= 4 is 40.7 Å². The molecule has 39 heavy (non-hydrogen) atoms. The molecule has 2 amide bonds. The number of halogens is 4. The molecule has 1 unspecified atom stereocenters. The van der Waals surface area contributed by atoms with Crippen LogP contribution < -0.4 is 11.2 Å². The second-order valence-corrected chi connectivity index (χ2v) is 12.0. The van der Waals surface area contributed by atoms with E-state index in [4.69, 9.17) is 15.6 Å². The van der Waals surface area contributed by atoms with Gasteiger partial charge in [-0.1, -0.05) is 43.4 Å². The van der Waals surface area contributed by atoms with Crippen LogP contribution >= 0.6 is 23.1 Å². The summed E-state index contributed by atoms with van der Waals surface area (Å²) in [7, 11) is 0. The van der Waals surface area contributed by atoms with Crippen LogP contribution in [0.4, 0.5) is 22.4 Å². The Morgan fingerprint density at radius 3 is 2.64 bits per heavy atom. The van der Waals surface area contributed by atoms with Gasteiger partial charge in [0.25, 0.3) is 0 Å². The number of hydrogen-bond donors (Lipinski definition) is 2. The lowest BCUT2D eigenvalue weighted by atomic mass is 9.88. The molecule has 0 saturated heterocycles. The fourth-order valence-corrected chi connectivity index (χ4v) is 6.72. The molecule has 0 saturated carbocycles. The van der Waals surface area contributed by atoms with E-state index >= 15 is 0 Å². The molecule has 1 aliphatic rings. The SMILES string of the molecule is Cc1nn(-c2nc(C3=CCC(C(F)(F)F)CC3)c(SC(C)C)s2)c(C(=O)ONC(N)=O)c1-c1cccc(F)c1. The number of nitrogens with two attached hydrogens (primary N) is 1. The van der Waals surface area contributed by atoms with E-state index in [0.717, 1.165) is 4.21 Å². The first-order chi connectivity index (χ1) is 18.3. The number of allylic oxidation sites excluding steroid dienone is 2. The zero-order valence-electron chi connectivity index (χ0n) is 21.1. The Labute approximate surface area is 229 Å². The summed E-state index contributed by atoms with van der Waals surface area (Å²) in [5, 5.41) is 4.87. The summed E-state index contributed by atoms with van der Waals surface area (Å²) in [6.07, 6.45) is -2.68. The van der Waals surface area contributed by atoms with Crippen molar-refractivity contribution in [2.75, 3.05) is 0 Å². The maximum absolute atomic E-state index is 14.1. The van der Waals surface area contributed by atoms with Gasteiger partial charge in [0.15, 0.2) is 5.69 Å². The minimum atomic E-state index is -4.26. The van der Waals surface area contributed by atoms with Crippen LogP contribution in [0.5, 0.6) is 0 Å². The molecular weight excluding hydrogens is 558 g/mol. The van der Waals surface area contributed by atoms with Crippen LogP contribution in [0.3, 0.4) is 0 Å². The molecule has 2 heterocycles. The molecule has 208 valence electrons. The van der Waals surface area contributed by atoms with E-state index in [9.17, 15) is 27.2 Å². The van der Waals surface area contributed by atoms with Crippen molar-refractivity contribution < 1.29 is 32.0 Å². The molecule has 3 N–H and O–H groups in total. The molecule has 0 fully saturated rings. The molecule has 3 aromatic rings. The van der Waals surface area contributed by atoms with Crippen molar-refractivity contribution in [3.05, 3.63) is 53.2 Å². The van der Waals surface area contributed by atoms with Gasteiger partial charge < -0.3 is 10.6 Å². The van der Waals surface area contributed by atoms with E-state index < -0.39 is 29.9 Å². The highest BCUT2D eigenvalue weighted by atomic mass is 32.2. The topological polar surface area (TPSA) is 112 Å². The molecule has 0 spiro atoms. The average Bonchev–Trinajstić information content (AvgIpc) is 3.42. The van der Waals surface area contributed by atoms with Crippen molar-refractivity contribution in [2.24, 2.45) is 11.7 Å². The molecule has 1 atom stereocenters. The summed E-state index contributed by atoms with van der Waals surface area (Å²) in [6.45, 7) is 5.57. The number of nitrogens with zero attached hydrogens (tertiary/aromatic N) is 3. The lowest BCUT2D eigenvalue weighted by Gasteiger charge is -2.23. The third kappa shape index (κ3) is 6.44. The number of urea groups is 1. The maximum Gasteiger partial charge on any atom is 0.392 e. The zero-order valence-corrected chi connectivity index (χ0v) is 22.8. The van der Waals surface area contributed by atoms with Gasteiger partial charge >= 0.3 is 18.2 Å². The number of benzene rings is 1. The van der Waals surface area contributed by atoms with Crippen molar-refractivity contribution in [1.29, 1.82) is 0 Å². The molecule has 1 aliphatic carbocycles. The number of primary amides is 1. The highest BCUT2D eigenvalue weighted by Crippen LogP contribution is 2.44. The maximum atomic E-state index is 14.1. The van der Waals surface area contributed by atoms with Gasteiger partial charge in [-0.05, 0) is 49.5 Å². The molecule has 1 aromatic carbocycles. The number of aromatic nitrogens is 3. The predicted octanol–water partition coefficient (Wildman–Crippen LogP) is 6.43. The van der Waals surface area contributed by atoms with Crippen LogP contribution in [-0.2, 0) is 4.84 Å². The highest BCUT2D eigenvalue weighted by Gasteiger charge is 2.40. The van der Waals surface area contributed by atoms with Crippen LogP contribution in [0, 0.1) is 18.7 Å². The second-order valence-electron chi connectivity index (χ2n) is 9.13. The molecule has 0 radical (unpaired) electrons. The van der Waals surface area contributed by atoms with Gasteiger partial charge in [-0.25, -0.2) is 19.0 Å². The Bertz CT molecular complexity index is 1430. The normalized spacial score (nSPS) is 15.8. The first-order valence-electron chi connectivity index (χ1n) is 11.9. The highest BCUT2D eigenvalue weighted by molar-refractivity contribution is 8.01. The van der Waals surface area contributed by atoms with E-state index in [-0.39, 0.29) is 40.9 Å². The van der Waals surface area contributed by atoms with E-state index in [1.54, 1.807) is 24.5 Å². The third-order valence-electron chi connectivity index (χ3n) is 5.90. The molecular formula is C25H25F4N5O3S2. The smallest absolute Gasteiger partial charge is 0.349 e. The number of amides is 2. The number of nitrogens with one attached hydrogen (secondary N) is 1. The number of aryl methyl sites for hydroxylation is 1. The quantitative estimate of drug-likeness (QED) is 0.197. The summed E-state index contributed by atoms with van der Waals surface area (Å²) in [5.41, 5.74) is 8.86. The summed E-state index contributed by atoms with van der Waals surface area (Å²) in [6, 6.07) is 4.43. The van der Waals surface area contributed by atoms with E-state index in [2.05, 4.69) is 5.10 Å². The summed E-state index contributed by atoms with van der Waals surface area (Å²) < 4.78 is 55.7. The van der Waals surface area contributed by atoms with E-state index in [1.807, 2.05) is 13.8 Å². The van der Waals surface area contributed by atoms with Crippen molar-refractivity contribution in [1.82, 2.24) is 20.2 Å². The lowest BCUT2D eigenvalue weighted by molar-refractivity contribution is -0.175. The molecule has 8 nitrogen and oxygen atoms in total. The fraction of sp³-hybridized carbons (Fsp3) is 0.360. The standard InChI is InChI=1S/C25H25F4N5O3S2/c1-12(2)38-22-19(14-7-9-16(10-8-14)25(27,28)29)31-24(39-22)34-20(21(35)37-33-23(30)36)18(13(3)32-34)15-5-4-6-17(26)11-15/h4-7,11-12,16H,8-10H2,1-3H3,(H3,30,33,36). The monoisotopic (exact) mass is 583 g/mol. The van der Waals surface area contributed by atoms with Crippen molar-refractivity contribution in [2.45, 2.75) is 55.7 Å². The first-order valence-corrected chi connectivity index (χ1v) is 13.6. The molecule has 2 aromatic heterocycles. The predicted molar refractivity (Wildman–Crippen MR) is 140 cm³/mol. The lowest BCUT2D eigenvalue weighted by Crippen LogP contribution is -2.32. The van der Waals surface area contributed by atoms with Crippen LogP contribution in [0.2, 0.25) is 0 Å². The van der Waals surface area contributed by atoms with Gasteiger partial charge in [0.2, 0.25) is 5.13 Å². The van der Waals surface area contributed by atoms with Gasteiger partial charge in [0.05, 0.1) is 21.5 Å². The largest absolute Gasteiger partial charge is 0.392 e.